The quantitative estimate of drug-likeness (QED) is 0.391. The van der Waals surface area contributed by atoms with Gasteiger partial charge in [-0.1, -0.05) is 13.8 Å². The van der Waals surface area contributed by atoms with Gasteiger partial charge in [0, 0.05) is 25.7 Å². The summed E-state index contributed by atoms with van der Waals surface area (Å²) in [5, 5.41) is 0. The van der Waals surface area contributed by atoms with Crippen LogP contribution in [0.1, 0.15) is 52.4 Å². The zero-order valence-corrected chi connectivity index (χ0v) is 10.7. The first-order valence-corrected chi connectivity index (χ1v) is 5.96. The molecule has 0 fully saturated rings. The highest BCUT2D eigenvalue weighted by atomic mass is 16.6. The second-order valence-electron chi connectivity index (χ2n) is 3.61. The molecule has 0 heterocycles. The molecule has 0 radical (unpaired) electrons. The Morgan fingerprint density at radius 2 is 1.00 bits per heavy atom. The molecule has 0 aromatic heterocycles. The Hall–Kier alpha value is -1.72. The minimum Gasteiger partial charge on any atom is -0.393 e. The van der Waals surface area contributed by atoms with Gasteiger partial charge in [0.1, 0.15) is 0 Å². The molecule has 102 valence electrons. The Bertz CT molecular complexity index is 289. The van der Waals surface area contributed by atoms with Gasteiger partial charge in [0.2, 0.25) is 0 Å². The molecule has 0 aliphatic heterocycles. The van der Waals surface area contributed by atoms with Gasteiger partial charge >= 0.3 is 23.9 Å². The zero-order chi connectivity index (χ0) is 14.0. The van der Waals surface area contributed by atoms with Crippen LogP contribution >= 0.6 is 0 Å². The summed E-state index contributed by atoms with van der Waals surface area (Å²) in [5.41, 5.74) is 0. The second kappa shape index (κ2) is 9.32. The number of rotatable bonds is 7. The van der Waals surface area contributed by atoms with Crippen molar-refractivity contribution >= 4 is 23.9 Å². The number of esters is 4. The SMILES string of the molecule is CCC(=O)OC(=O)CCCCC(=O)OC(=O)CC. The Morgan fingerprint density at radius 1 is 0.667 bits per heavy atom. The fourth-order valence-electron chi connectivity index (χ4n) is 1.04. The third kappa shape index (κ3) is 8.43. The highest BCUT2D eigenvalue weighted by molar-refractivity contribution is 5.86. The normalized spacial score (nSPS) is 9.67. The van der Waals surface area contributed by atoms with E-state index in [1.165, 1.54) is 0 Å². The maximum atomic E-state index is 11.1. The average Bonchev–Trinajstić information content (AvgIpc) is 2.34. The van der Waals surface area contributed by atoms with E-state index in [4.69, 9.17) is 0 Å². The van der Waals surface area contributed by atoms with Gasteiger partial charge in [-0.3, -0.25) is 19.2 Å². The lowest BCUT2D eigenvalue weighted by atomic mass is 10.2. The standard InChI is InChI=1S/C12H18O6/c1-3-9(13)17-11(15)7-5-6-8-12(16)18-10(14)4-2/h3-8H2,1-2H3. The summed E-state index contributed by atoms with van der Waals surface area (Å²) in [5.74, 6) is -2.32. The number of hydrogen-bond acceptors (Lipinski definition) is 6. The van der Waals surface area contributed by atoms with Gasteiger partial charge in [0.25, 0.3) is 0 Å². The van der Waals surface area contributed by atoms with Crippen LogP contribution in [0, 0.1) is 0 Å². The number of carbonyl (C=O) groups excluding carboxylic acids is 4. The van der Waals surface area contributed by atoms with Crippen LogP contribution in [0.2, 0.25) is 0 Å². The van der Waals surface area contributed by atoms with E-state index < -0.39 is 23.9 Å². The molecule has 18 heavy (non-hydrogen) atoms. The smallest absolute Gasteiger partial charge is 0.313 e. The van der Waals surface area contributed by atoms with Crippen LogP contribution in [0.4, 0.5) is 0 Å². The van der Waals surface area contributed by atoms with E-state index in [1.54, 1.807) is 13.8 Å². The molecule has 0 unspecified atom stereocenters. The Kier molecular flexibility index (Phi) is 8.43. The molecular formula is C12H18O6. The van der Waals surface area contributed by atoms with Crippen molar-refractivity contribution in [1.29, 1.82) is 0 Å². The van der Waals surface area contributed by atoms with Crippen LogP contribution in [0.5, 0.6) is 0 Å². The van der Waals surface area contributed by atoms with Crippen molar-refractivity contribution in [3.05, 3.63) is 0 Å². The van der Waals surface area contributed by atoms with E-state index in [2.05, 4.69) is 9.47 Å². The van der Waals surface area contributed by atoms with Crippen molar-refractivity contribution in [2.75, 3.05) is 0 Å². The van der Waals surface area contributed by atoms with E-state index in [0.717, 1.165) is 0 Å². The maximum Gasteiger partial charge on any atom is 0.313 e. The monoisotopic (exact) mass is 258 g/mol. The lowest BCUT2D eigenvalue weighted by Gasteiger charge is -2.02. The van der Waals surface area contributed by atoms with E-state index in [0.29, 0.717) is 12.8 Å². The van der Waals surface area contributed by atoms with Crippen molar-refractivity contribution in [2.24, 2.45) is 0 Å². The molecule has 0 atom stereocenters. The summed E-state index contributed by atoms with van der Waals surface area (Å²) in [7, 11) is 0. The van der Waals surface area contributed by atoms with Crippen LogP contribution in [-0.2, 0) is 28.7 Å². The van der Waals surface area contributed by atoms with Crippen LogP contribution in [0.15, 0.2) is 0 Å². The molecule has 0 aromatic carbocycles. The minimum atomic E-state index is -0.597. The van der Waals surface area contributed by atoms with Gasteiger partial charge in [-0.15, -0.1) is 0 Å². The number of hydrogen-bond donors (Lipinski definition) is 0. The first-order chi connectivity index (χ1) is 8.49. The molecule has 0 spiro atoms. The molecule has 0 aliphatic rings. The van der Waals surface area contributed by atoms with Crippen molar-refractivity contribution in [3.63, 3.8) is 0 Å². The topological polar surface area (TPSA) is 86.7 Å². The third-order valence-corrected chi connectivity index (χ3v) is 2.04. The van der Waals surface area contributed by atoms with Gasteiger partial charge in [0.05, 0.1) is 0 Å². The number of ether oxygens (including phenoxy) is 2. The fourth-order valence-corrected chi connectivity index (χ4v) is 1.04. The Balaban J connectivity index is 3.61. The predicted molar refractivity (Wildman–Crippen MR) is 61.2 cm³/mol. The van der Waals surface area contributed by atoms with E-state index >= 15 is 0 Å². The summed E-state index contributed by atoms with van der Waals surface area (Å²) in [6.45, 7) is 3.19. The van der Waals surface area contributed by atoms with Crippen LogP contribution in [-0.4, -0.2) is 23.9 Å². The molecule has 0 rings (SSSR count). The van der Waals surface area contributed by atoms with E-state index in [-0.39, 0.29) is 25.7 Å². The van der Waals surface area contributed by atoms with Gasteiger partial charge in [-0.05, 0) is 12.8 Å². The lowest BCUT2D eigenvalue weighted by Crippen LogP contribution is -2.12. The molecule has 0 amide bonds. The van der Waals surface area contributed by atoms with Gasteiger partial charge < -0.3 is 9.47 Å². The van der Waals surface area contributed by atoms with E-state index in [9.17, 15) is 19.2 Å². The summed E-state index contributed by atoms with van der Waals surface area (Å²) in [4.78, 5) is 43.7. The molecule has 0 aromatic rings. The van der Waals surface area contributed by atoms with Crippen LogP contribution < -0.4 is 0 Å². The first kappa shape index (κ1) is 16.3. The first-order valence-electron chi connectivity index (χ1n) is 5.96. The molecule has 6 heteroatoms. The summed E-state index contributed by atoms with van der Waals surface area (Å²) in [6.07, 6.45) is 1.26. The second-order valence-corrected chi connectivity index (χ2v) is 3.61. The lowest BCUT2D eigenvalue weighted by molar-refractivity contribution is -0.162. The fraction of sp³-hybridized carbons (Fsp3) is 0.667. The highest BCUT2D eigenvalue weighted by Gasteiger charge is 2.10. The summed E-state index contributed by atoms with van der Waals surface area (Å²) >= 11 is 0. The highest BCUT2D eigenvalue weighted by Crippen LogP contribution is 2.04. The molecule has 0 saturated heterocycles. The molecule has 0 saturated carbocycles. The zero-order valence-electron chi connectivity index (χ0n) is 10.7. The average molecular weight is 258 g/mol. The van der Waals surface area contributed by atoms with Gasteiger partial charge in [0.15, 0.2) is 0 Å². The molecule has 6 nitrogen and oxygen atoms in total. The van der Waals surface area contributed by atoms with Crippen LogP contribution in [0.3, 0.4) is 0 Å². The summed E-state index contributed by atoms with van der Waals surface area (Å²) in [6, 6.07) is 0. The van der Waals surface area contributed by atoms with Gasteiger partial charge in [-0.2, -0.15) is 0 Å². The van der Waals surface area contributed by atoms with E-state index in [1.807, 2.05) is 0 Å². The van der Waals surface area contributed by atoms with Gasteiger partial charge in [-0.25, -0.2) is 0 Å². The number of carbonyl (C=O) groups is 4. The van der Waals surface area contributed by atoms with Crippen molar-refractivity contribution in [2.45, 2.75) is 52.4 Å². The molecule has 0 aliphatic carbocycles. The maximum absolute atomic E-state index is 11.1. The Morgan fingerprint density at radius 3 is 1.28 bits per heavy atom. The largest absolute Gasteiger partial charge is 0.393 e. The molecule has 0 N–H and O–H groups in total. The molecule has 0 bridgehead atoms. The van der Waals surface area contributed by atoms with Crippen LogP contribution in [0.25, 0.3) is 0 Å². The van der Waals surface area contributed by atoms with Crippen molar-refractivity contribution in [1.82, 2.24) is 0 Å². The number of unbranched alkanes of at least 4 members (excludes halogenated alkanes) is 1. The Labute approximate surface area is 106 Å². The molecular weight excluding hydrogens is 240 g/mol. The third-order valence-electron chi connectivity index (χ3n) is 2.04. The predicted octanol–water partition coefficient (Wildman–Crippen LogP) is 1.51. The summed E-state index contributed by atoms with van der Waals surface area (Å²) < 4.78 is 8.88. The van der Waals surface area contributed by atoms with Crippen molar-refractivity contribution in [3.8, 4) is 0 Å². The van der Waals surface area contributed by atoms with Crippen molar-refractivity contribution < 1.29 is 28.7 Å². The minimum absolute atomic E-state index is 0.0702.